The van der Waals surface area contributed by atoms with Crippen molar-refractivity contribution >= 4 is 33.2 Å². The van der Waals surface area contributed by atoms with Crippen molar-refractivity contribution in [2.75, 3.05) is 39.2 Å². The number of carbonyl (C=O) groups excluding carboxylic acids is 1. The van der Waals surface area contributed by atoms with Crippen molar-refractivity contribution in [2.45, 2.75) is 32.1 Å². The fraction of sp³-hybridized carbons (Fsp3) is 0.409. The van der Waals surface area contributed by atoms with Gasteiger partial charge in [0, 0.05) is 18.7 Å². The monoisotopic (exact) mass is 484 g/mol. The molecule has 0 fully saturated rings. The smallest absolute Gasteiger partial charge is 0.255 e. The van der Waals surface area contributed by atoms with E-state index in [1.807, 2.05) is 6.92 Å². The van der Waals surface area contributed by atoms with Gasteiger partial charge in [0.15, 0.2) is 11.5 Å². The number of methoxy groups -OCH3 is 2. The maximum absolute atomic E-state index is 13.0. The van der Waals surface area contributed by atoms with E-state index in [-0.39, 0.29) is 21.2 Å². The van der Waals surface area contributed by atoms with E-state index >= 15 is 0 Å². The SMILES string of the molecule is CCCOc1c(Cl)cc(C(=O)Nc2cc(S(=O)(=O)N(CC)CC)ccc2OC)cc1OC. The van der Waals surface area contributed by atoms with E-state index in [1.165, 1.54) is 48.9 Å². The molecule has 1 N–H and O–H groups in total. The van der Waals surface area contributed by atoms with E-state index in [0.29, 0.717) is 36.9 Å². The first kappa shape index (κ1) is 25.8. The summed E-state index contributed by atoms with van der Waals surface area (Å²) in [5.74, 6) is 0.485. The molecule has 8 nitrogen and oxygen atoms in total. The number of ether oxygens (including phenoxy) is 3. The molecule has 0 aliphatic rings. The average molecular weight is 485 g/mol. The summed E-state index contributed by atoms with van der Waals surface area (Å²) in [5, 5.41) is 2.93. The lowest BCUT2D eigenvalue weighted by atomic mass is 10.1. The highest BCUT2D eigenvalue weighted by atomic mass is 35.5. The Balaban J connectivity index is 2.42. The van der Waals surface area contributed by atoms with Crippen molar-refractivity contribution in [3.8, 4) is 17.2 Å². The van der Waals surface area contributed by atoms with Gasteiger partial charge in [0.25, 0.3) is 5.91 Å². The largest absolute Gasteiger partial charge is 0.495 e. The summed E-state index contributed by atoms with van der Waals surface area (Å²) in [6.45, 7) is 6.60. The van der Waals surface area contributed by atoms with Gasteiger partial charge >= 0.3 is 0 Å². The van der Waals surface area contributed by atoms with Gasteiger partial charge in [0.1, 0.15) is 5.75 Å². The van der Waals surface area contributed by atoms with Gasteiger partial charge in [0.05, 0.1) is 36.4 Å². The topological polar surface area (TPSA) is 94.2 Å². The first-order chi connectivity index (χ1) is 15.2. The van der Waals surface area contributed by atoms with Gasteiger partial charge in [-0.05, 0) is 36.8 Å². The molecule has 0 saturated heterocycles. The van der Waals surface area contributed by atoms with Crippen LogP contribution in [0.2, 0.25) is 5.02 Å². The van der Waals surface area contributed by atoms with Gasteiger partial charge in [-0.1, -0.05) is 32.4 Å². The number of rotatable bonds is 11. The maximum Gasteiger partial charge on any atom is 0.255 e. The van der Waals surface area contributed by atoms with Gasteiger partial charge in [-0.15, -0.1) is 0 Å². The minimum absolute atomic E-state index is 0.0521. The zero-order valence-corrected chi connectivity index (χ0v) is 20.5. The lowest BCUT2D eigenvalue weighted by molar-refractivity contribution is 0.102. The second-order valence-electron chi connectivity index (χ2n) is 6.74. The number of nitrogens with zero attached hydrogens (tertiary/aromatic N) is 1. The van der Waals surface area contributed by atoms with Gasteiger partial charge in [-0.25, -0.2) is 8.42 Å². The Morgan fingerprint density at radius 1 is 1.03 bits per heavy atom. The minimum atomic E-state index is -3.71. The van der Waals surface area contributed by atoms with E-state index in [4.69, 9.17) is 25.8 Å². The van der Waals surface area contributed by atoms with Crippen molar-refractivity contribution in [1.29, 1.82) is 0 Å². The van der Waals surface area contributed by atoms with Gasteiger partial charge in [-0.2, -0.15) is 4.31 Å². The fourth-order valence-electron chi connectivity index (χ4n) is 3.05. The van der Waals surface area contributed by atoms with E-state index in [1.54, 1.807) is 13.8 Å². The Bertz CT molecular complexity index is 1050. The van der Waals surface area contributed by atoms with Crippen molar-refractivity contribution < 1.29 is 27.4 Å². The zero-order valence-electron chi connectivity index (χ0n) is 18.9. The third kappa shape index (κ3) is 5.65. The van der Waals surface area contributed by atoms with Crippen LogP contribution in [0.3, 0.4) is 0 Å². The molecule has 0 spiro atoms. The van der Waals surface area contributed by atoms with Crippen LogP contribution in [-0.2, 0) is 10.0 Å². The molecule has 10 heteroatoms. The van der Waals surface area contributed by atoms with Crippen molar-refractivity contribution in [1.82, 2.24) is 4.31 Å². The van der Waals surface area contributed by atoms with Crippen LogP contribution in [0.25, 0.3) is 0 Å². The van der Waals surface area contributed by atoms with E-state index in [9.17, 15) is 13.2 Å². The van der Waals surface area contributed by atoms with Crippen molar-refractivity contribution in [3.05, 3.63) is 40.9 Å². The Morgan fingerprint density at radius 3 is 2.25 bits per heavy atom. The molecule has 176 valence electrons. The van der Waals surface area contributed by atoms with Crippen molar-refractivity contribution in [3.63, 3.8) is 0 Å². The lowest BCUT2D eigenvalue weighted by Gasteiger charge is -2.20. The van der Waals surface area contributed by atoms with Crippen LogP contribution in [0.4, 0.5) is 5.69 Å². The number of sulfonamides is 1. The molecule has 0 saturated carbocycles. The Morgan fingerprint density at radius 2 is 1.69 bits per heavy atom. The molecule has 0 bridgehead atoms. The summed E-state index contributed by atoms with van der Waals surface area (Å²) in [7, 11) is -0.823. The molecule has 32 heavy (non-hydrogen) atoms. The Kier molecular flexibility index (Phi) is 9.18. The van der Waals surface area contributed by atoms with Crippen LogP contribution in [0, 0.1) is 0 Å². The molecule has 0 aliphatic heterocycles. The van der Waals surface area contributed by atoms with Crippen LogP contribution >= 0.6 is 11.6 Å². The highest BCUT2D eigenvalue weighted by Crippen LogP contribution is 2.37. The van der Waals surface area contributed by atoms with Crippen LogP contribution in [0.5, 0.6) is 17.2 Å². The maximum atomic E-state index is 13.0. The number of hydrogen-bond acceptors (Lipinski definition) is 6. The number of nitrogens with one attached hydrogen (secondary N) is 1. The highest BCUT2D eigenvalue weighted by molar-refractivity contribution is 7.89. The quantitative estimate of drug-likeness (QED) is 0.507. The van der Waals surface area contributed by atoms with E-state index < -0.39 is 15.9 Å². The molecule has 1 amide bonds. The summed E-state index contributed by atoms with van der Waals surface area (Å²) < 4.78 is 43.3. The fourth-order valence-corrected chi connectivity index (χ4v) is 4.80. The average Bonchev–Trinajstić information content (AvgIpc) is 2.78. The molecular formula is C22H29ClN2O6S. The van der Waals surface area contributed by atoms with Crippen LogP contribution in [0.1, 0.15) is 37.6 Å². The molecule has 2 rings (SSSR count). The van der Waals surface area contributed by atoms with Crippen LogP contribution in [0.15, 0.2) is 35.2 Å². The third-order valence-electron chi connectivity index (χ3n) is 4.70. The van der Waals surface area contributed by atoms with Crippen LogP contribution < -0.4 is 19.5 Å². The second-order valence-corrected chi connectivity index (χ2v) is 9.09. The first-order valence-corrected chi connectivity index (χ1v) is 12.0. The summed E-state index contributed by atoms with van der Waals surface area (Å²) >= 11 is 6.31. The molecule has 0 aliphatic carbocycles. The summed E-state index contributed by atoms with van der Waals surface area (Å²) in [5.41, 5.74) is 0.432. The molecule has 2 aromatic carbocycles. The Hall–Kier alpha value is -2.49. The van der Waals surface area contributed by atoms with E-state index in [2.05, 4.69) is 5.32 Å². The Labute approximate surface area is 194 Å². The van der Waals surface area contributed by atoms with E-state index in [0.717, 1.165) is 6.42 Å². The summed E-state index contributed by atoms with van der Waals surface area (Å²) in [6, 6.07) is 7.30. The van der Waals surface area contributed by atoms with Gasteiger partial charge in [0.2, 0.25) is 10.0 Å². The normalized spacial score (nSPS) is 11.3. The lowest BCUT2D eigenvalue weighted by Crippen LogP contribution is -2.30. The minimum Gasteiger partial charge on any atom is -0.495 e. The first-order valence-electron chi connectivity index (χ1n) is 10.2. The molecule has 2 aromatic rings. The molecule has 0 atom stereocenters. The zero-order chi connectivity index (χ0) is 23.9. The standard InChI is InChI=1S/C22H29ClN2O6S/c1-6-11-31-21-17(23)12-15(13-20(21)30-5)22(26)24-18-14-16(9-10-19(18)29-4)32(27,28)25(7-2)8-3/h9-10,12-14H,6-8,11H2,1-5H3,(H,24,26). The predicted octanol–water partition coefficient (Wildman–Crippen LogP) is 4.43. The summed E-state index contributed by atoms with van der Waals surface area (Å²) in [6.07, 6.45) is 0.786. The summed E-state index contributed by atoms with van der Waals surface area (Å²) in [4.78, 5) is 13.0. The number of hydrogen-bond donors (Lipinski definition) is 1. The third-order valence-corrected chi connectivity index (χ3v) is 7.03. The molecule has 0 heterocycles. The molecule has 0 aromatic heterocycles. The molecular weight excluding hydrogens is 456 g/mol. The highest BCUT2D eigenvalue weighted by Gasteiger charge is 2.24. The number of carbonyl (C=O) groups is 1. The number of anilines is 1. The van der Waals surface area contributed by atoms with Crippen LogP contribution in [-0.4, -0.2) is 52.5 Å². The molecule has 0 unspecified atom stereocenters. The number of benzene rings is 2. The number of halogens is 1. The predicted molar refractivity (Wildman–Crippen MR) is 125 cm³/mol. The molecule has 0 radical (unpaired) electrons. The number of amides is 1. The van der Waals surface area contributed by atoms with Crippen molar-refractivity contribution in [2.24, 2.45) is 0 Å². The second kappa shape index (κ2) is 11.4. The van der Waals surface area contributed by atoms with Gasteiger partial charge < -0.3 is 19.5 Å². The van der Waals surface area contributed by atoms with Gasteiger partial charge in [-0.3, -0.25) is 4.79 Å².